The summed E-state index contributed by atoms with van der Waals surface area (Å²) in [4.78, 5) is 14.3. The lowest BCUT2D eigenvalue weighted by molar-refractivity contribution is -0.140. The van der Waals surface area contributed by atoms with Gasteiger partial charge in [-0.2, -0.15) is 0 Å². The quantitative estimate of drug-likeness (QED) is 0.724. The summed E-state index contributed by atoms with van der Waals surface area (Å²) in [6.45, 7) is 6.08. The Bertz CT molecular complexity index is 216. The van der Waals surface area contributed by atoms with Crippen molar-refractivity contribution < 1.29 is 4.79 Å². The monoisotopic (exact) mass is 226 g/mol. The molecule has 3 heteroatoms. The molecule has 1 rings (SSSR count). The molecule has 0 aliphatic heterocycles. The van der Waals surface area contributed by atoms with Crippen molar-refractivity contribution in [2.45, 2.75) is 64.3 Å². The van der Waals surface area contributed by atoms with Gasteiger partial charge in [0.25, 0.3) is 0 Å². The van der Waals surface area contributed by atoms with Gasteiger partial charge in [-0.05, 0) is 32.1 Å². The maximum atomic E-state index is 12.3. The predicted octanol–water partition coefficient (Wildman–Crippen LogP) is 2.30. The third kappa shape index (κ3) is 3.21. The molecule has 1 saturated carbocycles. The fraction of sp³-hybridized carbons (Fsp3) is 0.923. The van der Waals surface area contributed by atoms with E-state index in [2.05, 4.69) is 13.8 Å². The Kier molecular flexibility index (Phi) is 5.26. The van der Waals surface area contributed by atoms with Crippen LogP contribution in [0.15, 0.2) is 0 Å². The van der Waals surface area contributed by atoms with Crippen LogP contribution in [-0.4, -0.2) is 29.4 Å². The van der Waals surface area contributed by atoms with Gasteiger partial charge < -0.3 is 10.6 Å². The summed E-state index contributed by atoms with van der Waals surface area (Å²) in [6.07, 6.45) is 7.30. The minimum Gasteiger partial charge on any atom is -0.341 e. The SMILES string of the molecule is CCCCN(CCCC)C(=O)C1(N)CCC1. The van der Waals surface area contributed by atoms with E-state index in [1.165, 1.54) is 0 Å². The van der Waals surface area contributed by atoms with Crippen LogP contribution in [0.5, 0.6) is 0 Å². The summed E-state index contributed by atoms with van der Waals surface area (Å²) in [5.41, 5.74) is 5.59. The minimum absolute atomic E-state index is 0.195. The first kappa shape index (κ1) is 13.5. The Morgan fingerprint density at radius 2 is 1.69 bits per heavy atom. The number of carbonyl (C=O) groups excluding carboxylic acids is 1. The Labute approximate surface area is 99.4 Å². The van der Waals surface area contributed by atoms with Gasteiger partial charge in [0, 0.05) is 13.1 Å². The van der Waals surface area contributed by atoms with Gasteiger partial charge in [-0.15, -0.1) is 0 Å². The van der Waals surface area contributed by atoms with E-state index < -0.39 is 5.54 Å². The largest absolute Gasteiger partial charge is 0.341 e. The van der Waals surface area contributed by atoms with E-state index in [-0.39, 0.29) is 5.91 Å². The summed E-state index contributed by atoms with van der Waals surface area (Å²) in [6, 6.07) is 0. The first-order chi connectivity index (χ1) is 7.64. The lowest BCUT2D eigenvalue weighted by Gasteiger charge is -2.40. The van der Waals surface area contributed by atoms with Crippen LogP contribution in [0.4, 0.5) is 0 Å². The molecule has 1 fully saturated rings. The molecule has 0 atom stereocenters. The molecule has 0 saturated heterocycles. The highest BCUT2D eigenvalue weighted by Gasteiger charge is 2.42. The van der Waals surface area contributed by atoms with Crippen LogP contribution in [-0.2, 0) is 4.79 Å². The average molecular weight is 226 g/mol. The smallest absolute Gasteiger partial charge is 0.242 e. The van der Waals surface area contributed by atoms with E-state index in [1.807, 2.05) is 4.90 Å². The van der Waals surface area contributed by atoms with E-state index >= 15 is 0 Å². The zero-order valence-corrected chi connectivity index (χ0v) is 10.8. The van der Waals surface area contributed by atoms with E-state index in [0.717, 1.165) is 58.0 Å². The summed E-state index contributed by atoms with van der Waals surface area (Å²) in [5, 5.41) is 0. The highest BCUT2D eigenvalue weighted by atomic mass is 16.2. The number of nitrogens with two attached hydrogens (primary N) is 1. The second kappa shape index (κ2) is 6.24. The number of hydrogen-bond donors (Lipinski definition) is 1. The van der Waals surface area contributed by atoms with E-state index in [9.17, 15) is 4.79 Å². The van der Waals surface area contributed by atoms with Crippen molar-refractivity contribution in [2.24, 2.45) is 5.73 Å². The lowest BCUT2D eigenvalue weighted by atomic mass is 9.76. The average Bonchev–Trinajstić information content (AvgIpc) is 2.25. The minimum atomic E-state index is -0.512. The Hall–Kier alpha value is -0.570. The van der Waals surface area contributed by atoms with Gasteiger partial charge >= 0.3 is 0 Å². The van der Waals surface area contributed by atoms with Crippen molar-refractivity contribution >= 4 is 5.91 Å². The van der Waals surface area contributed by atoms with Crippen LogP contribution in [0.1, 0.15) is 58.8 Å². The maximum Gasteiger partial charge on any atom is 0.242 e. The molecule has 3 nitrogen and oxygen atoms in total. The number of carbonyl (C=O) groups is 1. The molecule has 1 amide bonds. The predicted molar refractivity (Wildman–Crippen MR) is 67.2 cm³/mol. The molecule has 94 valence electrons. The lowest BCUT2D eigenvalue weighted by Crippen LogP contribution is -2.59. The maximum absolute atomic E-state index is 12.3. The molecule has 1 aliphatic rings. The van der Waals surface area contributed by atoms with Gasteiger partial charge in [0.15, 0.2) is 0 Å². The Balaban J connectivity index is 2.49. The summed E-state index contributed by atoms with van der Waals surface area (Å²) in [5.74, 6) is 0.195. The molecule has 2 N–H and O–H groups in total. The Morgan fingerprint density at radius 3 is 2.00 bits per heavy atom. The van der Waals surface area contributed by atoms with Gasteiger partial charge in [-0.1, -0.05) is 26.7 Å². The normalized spacial score (nSPS) is 17.9. The summed E-state index contributed by atoms with van der Waals surface area (Å²) in [7, 11) is 0. The molecular formula is C13H26N2O. The first-order valence-corrected chi connectivity index (χ1v) is 6.72. The molecule has 1 aliphatic carbocycles. The molecule has 16 heavy (non-hydrogen) atoms. The van der Waals surface area contributed by atoms with Gasteiger partial charge in [-0.25, -0.2) is 0 Å². The van der Waals surface area contributed by atoms with Crippen LogP contribution in [0.2, 0.25) is 0 Å². The second-order valence-electron chi connectivity index (χ2n) is 5.01. The van der Waals surface area contributed by atoms with Crippen LogP contribution in [0.25, 0.3) is 0 Å². The zero-order chi connectivity index (χ0) is 12.0. The fourth-order valence-electron chi connectivity index (χ4n) is 2.10. The van der Waals surface area contributed by atoms with Crippen LogP contribution >= 0.6 is 0 Å². The first-order valence-electron chi connectivity index (χ1n) is 6.72. The van der Waals surface area contributed by atoms with E-state index in [4.69, 9.17) is 5.73 Å². The van der Waals surface area contributed by atoms with Crippen molar-refractivity contribution in [1.82, 2.24) is 4.90 Å². The van der Waals surface area contributed by atoms with Gasteiger partial charge in [0.1, 0.15) is 0 Å². The van der Waals surface area contributed by atoms with Crippen LogP contribution < -0.4 is 5.73 Å². The molecule has 0 aromatic heterocycles. The second-order valence-corrected chi connectivity index (χ2v) is 5.01. The Morgan fingerprint density at radius 1 is 1.19 bits per heavy atom. The molecule has 0 spiro atoms. The number of rotatable bonds is 7. The highest BCUT2D eigenvalue weighted by Crippen LogP contribution is 2.31. The zero-order valence-electron chi connectivity index (χ0n) is 10.8. The van der Waals surface area contributed by atoms with Crippen molar-refractivity contribution in [3.8, 4) is 0 Å². The van der Waals surface area contributed by atoms with Crippen molar-refractivity contribution in [3.63, 3.8) is 0 Å². The standard InChI is InChI=1S/C13H26N2O/c1-3-5-10-15(11-6-4-2)12(16)13(14)8-7-9-13/h3-11,14H2,1-2H3. The van der Waals surface area contributed by atoms with Crippen molar-refractivity contribution in [2.75, 3.05) is 13.1 Å². The van der Waals surface area contributed by atoms with Gasteiger partial charge in [0.2, 0.25) is 5.91 Å². The van der Waals surface area contributed by atoms with Crippen molar-refractivity contribution in [1.29, 1.82) is 0 Å². The number of hydrogen-bond acceptors (Lipinski definition) is 2. The molecule has 0 radical (unpaired) electrons. The van der Waals surface area contributed by atoms with Crippen LogP contribution in [0.3, 0.4) is 0 Å². The molecule has 0 bridgehead atoms. The van der Waals surface area contributed by atoms with Crippen molar-refractivity contribution in [3.05, 3.63) is 0 Å². The molecule has 0 aromatic carbocycles. The fourth-order valence-corrected chi connectivity index (χ4v) is 2.10. The van der Waals surface area contributed by atoms with Gasteiger partial charge in [-0.3, -0.25) is 4.79 Å². The summed E-state index contributed by atoms with van der Waals surface area (Å²) < 4.78 is 0. The van der Waals surface area contributed by atoms with E-state index in [0.29, 0.717) is 0 Å². The van der Waals surface area contributed by atoms with Crippen LogP contribution in [0, 0.1) is 0 Å². The molecular weight excluding hydrogens is 200 g/mol. The van der Waals surface area contributed by atoms with Gasteiger partial charge in [0.05, 0.1) is 5.54 Å². The number of unbranched alkanes of at least 4 members (excludes halogenated alkanes) is 2. The molecule has 0 unspecified atom stereocenters. The van der Waals surface area contributed by atoms with E-state index in [1.54, 1.807) is 0 Å². The third-order valence-corrected chi connectivity index (χ3v) is 3.52. The highest BCUT2D eigenvalue weighted by molar-refractivity contribution is 5.87. The number of nitrogens with zero attached hydrogens (tertiary/aromatic N) is 1. The third-order valence-electron chi connectivity index (χ3n) is 3.52. The molecule has 0 aromatic rings. The number of amides is 1. The summed E-state index contributed by atoms with van der Waals surface area (Å²) >= 11 is 0. The topological polar surface area (TPSA) is 46.3 Å². The molecule has 0 heterocycles.